The SMILES string of the molecule is O=C(Cn1ccnn1)Nc1nc2ccc(C(=O)O)cc2s1. The lowest BCUT2D eigenvalue weighted by atomic mass is 10.2. The summed E-state index contributed by atoms with van der Waals surface area (Å²) in [6.45, 7) is 0.0380. The molecule has 0 saturated heterocycles. The maximum absolute atomic E-state index is 11.8. The van der Waals surface area contributed by atoms with Crippen molar-refractivity contribution in [2.24, 2.45) is 0 Å². The number of nitrogens with zero attached hydrogens (tertiary/aromatic N) is 4. The van der Waals surface area contributed by atoms with Crippen LogP contribution in [0, 0.1) is 0 Å². The molecule has 0 aliphatic rings. The van der Waals surface area contributed by atoms with Gasteiger partial charge >= 0.3 is 5.97 Å². The lowest BCUT2D eigenvalue weighted by molar-refractivity contribution is -0.116. The Kier molecular flexibility index (Phi) is 3.32. The molecule has 0 aliphatic heterocycles. The Labute approximate surface area is 122 Å². The summed E-state index contributed by atoms with van der Waals surface area (Å²) >= 11 is 1.22. The van der Waals surface area contributed by atoms with Gasteiger partial charge in [-0.25, -0.2) is 14.5 Å². The maximum atomic E-state index is 11.8. The van der Waals surface area contributed by atoms with Gasteiger partial charge in [0, 0.05) is 6.20 Å². The molecule has 2 heterocycles. The van der Waals surface area contributed by atoms with Gasteiger partial charge in [-0.2, -0.15) is 0 Å². The van der Waals surface area contributed by atoms with Gasteiger partial charge in [0.05, 0.1) is 22.0 Å². The van der Waals surface area contributed by atoms with Crippen molar-refractivity contribution in [3.8, 4) is 0 Å². The van der Waals surface area contributed by atoms with E-state index in [1.54, 1.807) is 12.3 Å². The minimum absolute atomic E-state index is 0.0380. The monoisotopic (exact) mass is 303 g/mol. The van der Waals surface area contributed by atoms with Gasteiger partial charge < -0.3 is 10.4 Å². The Morgan fingerprint density at radius 1 is 1.38 bits per heavy atom. The van der Waals surface area contributed by atoms with E-state index in [-0.39, 0.29) is 18.0 Å². The number of benzene rings is 1. The average Bonchev–Trinajstić information content (AvgIpc) is 3.05. The first-order chi connectivity index (χ1) is 10.1. The second kappa shape index (κ2) is 5.29. The van der Waals surface area contributed by atoms with Crippen LogP contribution >= 0.6 is 11.3 Å². The largest absolute Gasteiger partial charge is 0.478 e. The van der Waals surface area contributed by atoms with Crippen molar-refractivity contribution in [3.63, 3.8) is 0 Å². The molecule has 0 fully saturated rings. The number of rotatable bonds is 4. The van der Waals surface area contributed by atoms with Gasteiger partial charge in [-0.15, -0.1) is 5.10 Å². The Hall–Kier alpha value is -2.81. The fraction of sp³-hybridized carbons (Fsp3) is 0.0833. The van der Waals surface area contributed by atoms with Gasteiger partial charge in [-0.05, 0) is 18.2 Å². The van der Waals surface area contributed by atoms with E-state index in [9.17, 15) is 9.59 Å². The molecule has 21 heavy (non-hydrogen) atoms. The van der Waals surface area contributed by atoms with E-state index < -0.39 is 5.97 Å². The molecule has 0 spiro atoms. The van der Waals surface area contributed by atoms with Crippen LogP contribution in [0.25, 0.3) is 10.2 Å². The lowest BCUT2D eigenvalue weighted by Crippen LogP contribution is -2.18. The number of carbonyl (C=O) groups excluding carboxylic acids is 1. The zero-order chi connectivity index (χ0) is 14.8. The Balaban J connectivity index is 1.78. The van der Waals surface area contributed by atoms with Crippen molar-refractivity contribution in [1.82, 2.24) is 20.0 Å². The topological polar surface area (TPSA) is 110 Å². The smallest absolute Gasteiger partial charge is 0.335 e. The quantitative estimate of drug-likeness (QED) is 0.750. The van der Waals surface area contributed by atoms with Crippen LogP contribution in [0.2, 0.25) is 0 Å². The fourth-order valence-electron chi connectivity index (χ4n) is 1.73. The second-order valence-electron chi connectivity index (χ2n) is 4.16. The van der Waals surface area contributed by atoms with Crippen molar-refractivity contribution >= 4 is 38.6 Å². The molecule has 8 nitrogen and oxygen atoms in total. The lowest BCUT2D eigenvalue weighted by Gasteiger charge is -2.00. The molecule has 0 atom stereocenters. The normalized spacial score (nSPS) is 10.7. The summed E-state index contributed by atoms with van der Waals surface area (Å²) in [5.41, 5.74) is 0.827. The van der Waals surface area contributed by atoms with Crippen LogP contribution in [0.4, 0.5) is 5.13 Å². The third-order valence-electron chi connectivity index (χ3n) is 2.66. The molecular weight excluding hydrogens is 294 g/mol. The van der Waals surface area contributed by atoms with Crippen molar-refractivity contribution in [3.05, 3.63) is 36.2 Å². The first-order valence-electron chi connectivity index (χ1n) is 5.89. The number of hydrogen-bond donors (Lipinski definition) is 2. The molecule has 0 unspecified atom stereocenters. The molecule has 0 bridgehead atoms. The highest BCUT2D eigenvalue weighted by molar-refractivity contribution is 7.22. The highest BCUT2D eigenvalue weighted by atomic mass is 32.1. The number of anilines is 1. The van der Waals surface area contributed by atoms with Gasteiger partial charge in [0.2, 0.25) is 5.91 Å². The molecule has 0 radical (unpaired) electrons. The molecule has 3 rings (SSSR count). The fourth-order valence-corrected chi connectivity index (χ4v) is 2.66. The molecule has 0 saturated carbocycles. The molecule has 1 aromatic carbocycles. The average molecular weight is 303 g/mol. The first kappa shape index (κ1) is 13.2. The van der Waals surface area contributed by atoms with Crippen LogP contribution in [0.1, 0.15) is 10.4 Å². The van der Waals surface area contributed by atoms with Crippen LogP contribution in [0.15, 0.2) is 30.6 Å². The van der Waals surface area contributed by atoms with E-state index in [4.69, 9.17) is 5.11 Å². The molecule has 106 valence electrons. The number of carboxylic acids is 1. The molecule has 2 N–H and O–H groups in total. The molecular formula is C12H9N5O3S. The molecule has 0 aliphatic carbocycles. The van der Waals surface area contributed by atoms with Gasteiger partial charge in [-0.3, -0.25) is 4.79 Å². The number of thiazole rings is 1. The van der Waals surface area contributed by atoms with E-state index in [0.29, 0.717) is 15.3 Å². The van der Waals surface area contributed by atoms with Crippen molar-refractivity contribution in [2.45, 2.75) is 6.54 Å². The Morgan fingerprint density at radius 3 is 2.95 bits per heavy atom. The maximum Gasteiger partial charge on any atom is 0.335 e. The molecule has 3 aromatic rings. The van der Waals surface area contributed by atoms with Crippen molar-refractivity contribution in [2.75, 3.05) is 5.32 Å². The first-order valence-corrected chi connectivity index (χ1v) is 6.71. The predicted molar refractivity (Wildman–Crippen MR) is 75.2 cm³/mol. The summed E-state index contributed by atoms with van der Waals surface area (Å²) in [4.78, 5) is 26.9. The Morgan fingerprint density at radius 2 is 2.24 bits per heavy atom. The van der Waals surface area contributed by atoms with Crippen LogP contribution in [0.5, 0.6) is 0 Å². The van der Waals surface area contributed by atoms with E-state index in [1.165, 1.54) is 34.3 Å². The van der Waals surface area contributed by atoms with E-state index >= 15 is 0 Å². The van der Waals surface area contributed by atoms with Crippen LogP contribution in [-0.2, 0) is 11.3 Å². The number of aromatic carboxylic acids is 1. The van der Waals surface area contributed by atoms with E-state index in [0.717, 1.165) is 0 Å². The number of hydrogen-bond acceptors (Lipinski definition) is 6. The van der Waals surface area contributed by atoms with Crippen LogP contribution in [0.3, 0.4) is 0 Å². The van der Waals surface area contributed by atoms with Gasteiger partial charge in [-0.1, -0.05) is 16.6 Å². The number of fused-ring (bicyclic) bond motifs is 1. The summed E-state index contributed by atoms with van der Waals surface area (Å²) in [6, 6.07) is 4.62. The zero-order valence-electron chi connectivity index (χ0n) is 10.6. The van der Waals surface area contributed by atoms with Gasteiger partial charge in [0.1, 0.15) is 6.54 Å². The van der Waals surface area contributed by atoms with Gasteiger partial charge in [0.25, 0.3) is 0 Å². The summed E-state index contributed by atoms with van der Waals surface area (Å²) in [5.74, 6) is -1.28. The van der Waals surface area contributed by atoms with Crippen LogP contribution < -0.4 is 5.32 Å². The Bertz CT molecular complexity index is 812. The minimum atomic E-state index is -0.998. The molecule has 2 aromatic heterocycles. The van der Waals surface area contributed by atoms with Crippen molar-refractivity contribution in [1.29, 1.82) is 0 Å². The molecule has 1 amide bonds. The predicted octanol–water partition coefficient (Wildman–Crippen LogP) is 1.22. The van der Waals surface area contributed by atoms with E-state index in [2.05, 4.69) is 20.6 Å². The number of carbonyl (C=O) groups is 2. The van der Waals surface area contributed by atoms with Crippen LogP contribution in [-0.4, -0.2) is 37.0 Å². The van der Waals surface area contributed by atoms with Crippen molar-refractivity contribution < 1.29 is 14.7 Å². The minimum Gasteiger partial charge on any atom is -0.478 e. The highest BCUT2D eigenvalue weighted by Gasteiger charge is 2.11. The second-order valence-corrected chi connectivity index (χ2v) is 5.19. The third-order valence-corrected chi connectivity index (χ3v) is 3.59. The number of carboxylic acid groups (broad SMARTS) is 1. The summed E-state index contributed by atoms with van der Waals surface area (Å²) in [7, 11) is 0. The summed E-state index contributed by atoms with van der Waals surface area (Å²) < 4.78 is 2.09. The molecule has 9 heteroatoms. The number of aromatic nitrogens is 4. The third kappa shape index (κ3) is 2.87. The summed E-state index contributed by atoms with van der Waals surface area (Å²) in [5, 5.41) is 19.3. The van der Waals surface area contributed by atoms with Gasteiger partial charge in [0.15, 0.2) is 5.13 Å². The van der Waals surface area contributed by atoms with E-state index in [1.807, 2.05) is 0 Å². The number of amides is 1. The standard InChI is InChI=1S/C12H9N5O3S/c18-10(6-17-4-3-13-16-17)15-12-14-8-2-1-7(11(19)20)5-9(8)21-12/h1-5H,6H2,(H,19,20)(H,14,15,18). The highest BCUT2D eigenvalue weighted by Crippen LogP contribution is 2.26. The number of nitrogens with one attached hydrogen (secondary N) is 1. The zero-order valence-corrected chi connectivity index (χ0v) is 11.4. The summed E-state index contributed by atoms with van der Waals surface area (Å²) in [6.07, 6.45) is 3.06.